The van der Waals surface area contributed by atoms with Gasteiger partial charge in [-0.3, -0.25) is 9.59 Å². The first-order valence-electron chi connectivity index (χ1n) is 11.5. The van der Waals surface area contributed by atoms with E-state index in [0.29, 0.717) is 25.0 Å². The van der Waals surface area contributed by atoms with Crippen molar-refractivity contribution in [3.05, 3.63) is 0 Å². The van der Waals surface area contributed by atoms with Crippen molar-refractivity contribution >= 4 is 23.7 Å². The monoisotopic (exact) mass is 432 g/mol. The maximum atomic E-state index is 11.4. The topological polar surface area (TPSA) is 72.8 Å². The SMILES string of the molecule is CCCCCCCCCCC[C@H](SCCC(=O)OC)[C@H](O)CCCCC(=O)OC. The molecule has 5 nitrogen and oxygen atoms in total. The number of carbonyl (C=O) groups excluding carboxylic acids is 2. The van der Waals surface area contributed by atoms with Gasteiger partial charge in [-0.2, -0.15) is 11.8 Å². The quantitative estimate of drug-likeness (QED) is 0.197. The number of carbonyl (C=O) groups is 2. The summed E-state index contributed by atoms with van der Waals surface area (Å²) in [6.45, 7) is 2.24. The van der Waals surface area contributed by atoms with Crippen LogP contribution in [0.1, 0.15) is 103 Å². The van der Waals surface area contributed by atoms with E-state index in [9.17, 15) is 14.7 Å². The van der Waals surface area contributed by atoms with Crippen LogP contribution in [0.3, 0.4) is 0 Å². The second-order valence-electron chi connectivity index (χ2n) is 7.74. The molecule has 0 saturated heterocycles. The van der Waals surface area contributed by atoms with E-state index in [1.54, 1.807) is 11.8 Å². The molecule has 0 heterocycles. The molecule has 0 radical (unpaired) electrons. The number of unbranched alkanes of at least 4 members (excludes halogenated alkanes) is 9. The summed E-state index contributed by atoms with van der Waals surface area (Å²) >= 11 is 1.68. The Hall–Kier alpha value is -0.750. The summed E-state index contributed by atoms with van der Waals surface area (Å²) in [5.74, 6) is 0.277. The molecule has 0 bridgehead atoms. The van der Waals surface area contributed by atoms with Crippen LogP contribution in [0.15, 0.2) is 0 Å². The molecular weight excluding hydrogens is 388 g/mol. The Labute approximate surface area is 182 Å². The van der Waals surface area contributed by atoms with Crippen LogP contribution in [0, 0.1) is 0 Å². The highest BCUT2D eigenvalue weighted by Crippen LogP contribution is 2.25. The summed E-state index contributed by atoms with van der Waals surface area (Å²) in [4.78, 5) is 22.5. The average molecular weight is 433 g/mol. The number of thioether (sulfide) groups is 1. The first-order valence-corrected chi connectivity index (χ1v) is 12.5. The average Bonchev–Trinajstić information content (AvgIpc) is 2.73. The van der Waals surface area contributed by atoms with Crippen LogP contribution in [0.2, 0.25) is 0 Å². The van der Waals surface area contributed by atoms with E-state index in [1.807, 2.05) is 0 Å². The van der Waals surface area contributed by atoms with Crippen LogP contribution < -0.4 is 0 Å². The van der Waals surface area contributed by atoms with Crippen LogP contribution in [0.5, 0.6) is 0 Å². The Morgan fingerprint density at radius 1 is 0.759 bits per heavy atom. The lowest BCUT2D eigenvalue weighted by molar-refractivity contribution is -0.141. The van der Waals surface area contributed by atoms with Gasteiger partial charge in [0, 0.05) is 17.4 Å². The Balaban J connectivity index is 4.11. The molecule has 0 amide bonds. The number of ether oxygens (including phenoxy) is 2. The maximum Gasteiger partial charge on any atom is 0.306 e. The summed E-state index contributed by atoms with van der Waals surface area (Å²) in [6, 6.07) is 0. The first kappa shape index (κ1) is 28.2. The second kappa shape index (κ2) is 20.5. The van der Waals surface area contributed by atoms with E-state index in [4.69, 9.17) is 4.74 Å². The lowest BCUT2D eigenvalue weighted by Gasteiger charge is -2.22. The predicted molar refractivity (Wildman–Crippen MR) is 121 cm³/mol. The van der Waals surface area contributed by atoms with E-state index in [-0.39, 0.29) is 17.2 Å². The summed E-state index contributed by atoms with van der Waals surface area (Å²) in [5.41, 5.74) is 0. The number of aliphatic hydroxyl groups excluding tert-OH is 1. The minimum absolute atomic E-state index is 0.141. The zero-order chi connectivity index (χ0) is 21.7. The highest BCUT2D eigenvalue weighted by atomic mass is 32.2. The molecule has 172 valence electrons. The minimum atomic E-state index is -0.399. The van der Waals surface area contributed by atoms with E-state index in [0.717, 1.165) is 25.7 Å². The molecule has 0 rings (SSSR count). The standard InChI is InChI=1S/C23H44O5S/c1-4-5-6-7-8-9-10-11-12-16-21(29-19-18-23(26)28-3)20(24)15-13-14-17-22(25)27-2/h20-21,24H,4-19H2,1-3H3/t20-,21+/m1/s1. The van der Waals surface area contributed by atoms with Gasteiger partial charge in [-0.05, 0) is 19.3 Å². The highest BCUT2D eigenvalue weighted by Gasteiger charge is 2.20. The summed E-state index contributed by atoms with van der Waals surface area (Å²) in [5, 5.41) is 10.8. The molecule has 2 atom stereocenters. The van der Waals surface area contributed by atoms with Gasteiger partial charge >= 0.3 is 11.9 Å². The molecule has 0 spiro atoms. The molecule has 0 unspecified atom stereocenters. The molecule has 1 N–H and O–H groups in total. The fourth-order valence-corrected chi connectivity index (χ4v) is 4.63. The Morgan fingerprint density at radius 2 is 1.28 bits per heavy atom. The number of aliphatic hydroxyl groups is 1. The van der Waals surface area contributed by atoms with Crippen molar-refractivity contribution in [3.63, 3.8) is 0 Å². The van der Waals surface area contributed by atoms with Gasteiger partial charge in [0.2, 0.25) is 0 Å². The van der Waals surface area contributed by atoms with Crippen molar-refractivity contribution in [3.8, 4) is 0 Å². The van der Waals surface area contributed by atoms with E-state index in [1.165, 1.54) is 65.6 Å². The van der Waals surface area contributed by atoms with E-state index >= 15 is 0 Å². The third-order valence-electron chi connectivity index (χ3n) is 5.25. The molecule has 0 saturated carbocycles. The fraction of sp³-hybridized carbons (Fsp3) is 0.913. The third-order valence-corrected chi connectivity index (χ3v) is 6.66. The first-order chi connectivity index (χ1) is 14.0. The van der Waals surface area contributed by atoms with Gasteiger partial charge in [0.25, 0.3) is 0 Å². The van der Waals surface area contributed by atoms with Crippen molar-refractivity contribution in [1.82, 2.24) is 0 Å². The van der Waals surface area contributed by atoms with Crippen LogP contribution in [-0.4, -0.2) is 48.4 Å². The summed E-state index contributed by atoms with van der Waals surface area (Å²) in [7, 11) is 2.80. The molecule has 0 aromatic rings. The summed E-state index contributed by atoms with van der Waals surface area (Å²) in [6.07, 6.45) is 15.2. The molecule has 0 aliphatic carbocycles. The van der Waals surface area contributed by atoms with Gasteiger partial charge in [0.15, 0.2) is 0 Å². The highest BCUT2D eigenvalue weighted by molar-refractivity contribution is 7.99. The van der Waals surface area contributed by atoms with Crippen molar-refractivity contribution < 1.29 is 24.2 Å². The van der Waals surface area contributed by atoms with Crippen LogP contribution in [-0.2, 0) is 19.1 Å². The number of hydrogen-bond donors (Lipinski definition) is 1. The largest absolute Gasteiger partial charge is 0.469 e. The lowest BCUT2D eigenvalue weighted by atomic mass is 10.0. The molecule has 0 aliphatic rings. The number of hydrogen-bond acceptors (Lipinski definition) is 6. The van der Waals surface area contributed by atoms with E-state index < -0.39 is 6.10 Å². The zero-order valence-corrected chi connectivity index (χ0v) is 19.8. The predicted octanol–water partition coefficient (Wildman–Crippen LogP) is 5.67. The molecule has 6 heteroatoms. The Bertz CT molecular complexity index is 403. The Morgan fingerprint density at radius 3 is 1.86 bits per heavy atom. The van der Waals surface area contributed by atoms with Crippen molar-refractivity contribution in [2.24, 2.45) is 0 Å². The fourth-order valence-electron chi connectivity index (χ4n) is 3.35. The van der Waals surface area contributed by atoms with Crippen molar-refractivity contribution in [2.45, 2.75) is 115 Å². The van der Waals surface area contributed by atoms with Gasteiger partial charge in [0.1, 0.15) is 0 Å². The number of esters is 2. The third kappa shape index (κ3) is 17.8. The molecule has 29 heavy (non-hydrogen) atoms. The summed E-state index contributed by atoms with van der Waals surface area (Å²) < 4.78 is 9.36. The molecular formula is C23H44O5S. The smallest absolute Gasteiger partial charge is 0.306 e. The lowest BCUT2D eigenvalue weighted by Crippen LogP contribution is -2.24. The maximum absolute atomic E-state index is 11.4. The number of methoxy groups -OCH3 is 2. The number of rotatable bonds is 20. The van der Waals surface area contributed by atoms with Crippen LogP contribution in [0.25, 0.3) is 0 Å². The van der Waals surface area contributed by atoms with Gasteiger partial charge in [-0.25, -0.2) is 0 Å². The van der Waals surface area contributed by atoms with Crippen molar-refractivity contribution in [1.29, 1.82) is 0 Å². The normalized spacial score (nSPS) is 13.1. The van der Waals surface area contributed by atoms with Gasteiger partial charge < -0.3 is 14.6 Å². The molecule has 0 fully saturated rings. The van der Waals surface area contributed by atoms with Crippen LogP contribution >= 0.6 is 11.8 Å². The van der Waals surface area contributed by atoms with Crippen LogP contribution in [0.4, 0.5) is 0 Å². The van der Waals surface area contributed by atoms with E-state index in [2.05, 4.69) is 11.7 Å². The molecule has 0 aromatic heterocycles. The zero-order valence-electron chi connectivity index (χ0n) is 19.0. The molecule has 0 aliphatic heterocycles. The Kier molecular flexibility index (Phi) is 20.0. The van der Waals surface area contributed by atoms with Gasteiger partial charge in [0.05, 0.1) is 26.7 Å². The van der Waals surface area contributed by atoms with Gasteiger partial charge in [-0.15, -0.1) is 0 Å². The molecule has 0 aromatic carbocycles. The van der Waals surface area contributed by atoms with Crippen molar-refractivity contribution in [2.75, 3.05) is 20.0 Å². The van der Waals surface area contributed by atoms with Gasteiger partial charge in [-0.1, -0.05) is 71.1 Å². The minimum Gasteiger partial charge on any atom is -0.469 e. The second-order valence-corrected chi connectivity index (χ2v) is 9.09.